The molecule has 2 aromatic carbocycles. The fourth-order valence-corrected chi connectivity index (χ4v) is 2.51. The van der Waals surface area contributed by atoms with E-state index in [0.29, 0.717) is 23.7 Å². The molecule has 0 unspecified atom stereocenters. The largest absolute Gasteiger partial charge is 0.493 e. The van der Waals surface area contributed by atoms with E-state index in [1.807, 2.05) is 38.4 Å². The molecule has 0 atom stereocenters. The topological polar surface area (TPSA) is 59.0 Å². The maximum atomic E-state index is 11.7. The third-order valence-corrected chi connectivity index (χ3v) is 3.82. The van der Waals surface area contributed by atoms with Crippen LogP contribution in [0.4, 0.5) is 0 Å². The van der Waals surface area contributed by atoms with E-state index in [2.05, 4.69) is 4.90 Å². The number of hydrogen-bond acceptors (Lipinski definition) is 4. The molecule has 2 aromatic rings. The van der Waals surface area contributed by atoms with Crippen molar-refractivity contribution in [3.63, 3.8) is 0 Å². The van der Waals surface area contributed by atoms with Crippen molar-refractivity contribution in [1.82, 2.24) is 4.90 Å². The summed E-state index contributed by atoms with van der Waals surface area (Å²) >= 11 is 0. The maximum absolute atomic E-state index is 11.7. The van der Waals surface area contributed by atoms with Crippen molar-refractivity contribution >= 4 is 17.6 Å². The number of carboxylic acids is 1. The summed E-state index contributed by atoms with van der Waals surface area (Å²) in [5.41, 5.74) is 1.63. The number of carbonyl (C=O) groups is 1. The van der Waals surface area contributed by atoms with E-state index in [1.165, 1.54) is 0 Å². The van der Waals surface area contributed by atoms with Crippen LogP contribution in [0.3, 0.4) is 0 Å². The van der Waals surface area contributed by atoms with Crippen LogP contribution in [0.1, 0.15) is 17.5 Å². The average molecular weight is 355 g/mol. The zero-order valence-electron chi connectivity index (χ0n) is 15.4. The fraction of sp³-hybridized carbons (Fsp3) is 0.286. The van der Waals surface area contributed by atoms with Crippen LogP contribution in [0.5, 0.6) is 11.5 Å². The van der Waals surface area contributed by atoms with Crippen LogP contribution in [0.2, 0.25) is 0 Å². The third-order valence-electron chi connectivity index (χ3n) is 3.82. The number of benzene rings is 2. The summed E-state index contributed by atoms with van der Waals surface area (Å²) < 4.78 is 11.2. The van der Waals surface area contributed by atoms with Gasteiger partial charge in [0, 0.05) is 6.54 Å². The standard InChI is InChI=1S/C21H25NO4/c1-22(2)12-7-13-26-20-15-16(10-11-19(20)25-3)14-18(21(23)24)17-8-5-4-6-9-17/h4-6,8-11,14-15H,7,12-13H2,1-3H3,(H,23,24)/b18-14-. The smallest absolute Gasteiger partial charge is 0.336 e. The Bertz CT molecular complexity index is 754. The fourth-order valence-electron chi connectivity index (χ4n) is 2.51. The lowest BCUT2D eigenvalue weighted by atomic mass is 10.0. The summed E-state index contributed by atoms with van der Waals surface area (Å²) in [4.78, 5) is 13.8. The number of carboxylic acid groups (broad SMARTS) is 1. The van der Waals surface area contributed by atoms with Gasteiger partial charge in [0.1, 0.15) is 0 Å². The Morgan fingerprint density at radius 3 is 2.46 bits per heavy atom. The Kier molecular flexibility index (Phi) is 7.24. The maximum Gasteiger partial charge on any atom is 0.336 e. The molecular weight excluding hydrogens is 330 g/mol. The van der Waals surface area contributed by atoms with Crippen LogP contribution in [-0.4, -0.2) is 50.3 Å². The molecular formula is C21H25NO4. The molecule has 0 aliphatic rings. The quantitative estimate of drug-likeness (QED) is 0.423. The highest BCUT2D eigenvalue weighted by molar-refractivity contribution is 6.20. The van der Waals surface area contributed by atoms with Gasteiger partial charge in [0.05, 0.1) is 19.3 Å². The van der Waals surface area contributed by atoms with Gasteiger partial charge >= 0.3 is 5.97 Å². The lowest BCUT2D eigenvalue weighted by Gasteiger charge is -2.13. The van der Waals surface area contributed by atoms with Gasteiger partial charge in [-0.2, -0.15) is 0 Å². The highest BCUT2D eigenvalue weighted by atomic mass is 16.5. The van der Waals surface area contributed by atoms with E-state index >= 15 is 0 Å². The lowest BCUT2D eigenvalue weighted by Crippen LogP contribution is -2.15. The van der Waals surface area contributed by atoms with E-state index in [-0.39, 0.29) is 5.57 Å². The number of methoxy groups -OCH3 is 1. The van der Waals surface area contributed by atoms with Gasteiger partial charge in [-0.15, -0.1) is 0 Å². The molecule has 0 saturated heterocycles. The Morgan fingerprint density at radius 2 is 1.85 bits per heavy atom. The average Bonchev–Trinajstić information content (AvgIpc) is 2.63. The zero-order chi connectivity index (χ0) is 18.9. The van der Waals surface area contributed by atoms with Crippen LogP contribution in [0.25, 0.3) is 11.6 Å². The number of nitrogens with zero attached hydrogens (tertiary/aromatic N) is 1. The highest BCUT2D eigenvalue weighted by Gasteiger charge is 2.11. The SMILES string of the molecule is COc1ccc(/C=C(\C(=O)O)c2ccccc2)cc1OCCCN(C)C. The summed E-state index contributed by atoms with van der Waals surface area (Å²) in [7, 11) is 5.62. The van der Waals surface area contributed by atoms with Crippen molar-refractivity contribution in [2.75, 3.05) is 34.4 Å². The third kappa shape index (κ3) is 5.63. The van der Waals surface area contributed by atoms with Gasteiger partial charge in [-0.25, -0.2) is 4.79 Å². The molecule has 26 heavy (non-hydrogen) atoms. The van der Waals surface area contributed by atoms with Gasteiger partial charge in [0.2, 0.25) is 0 Å². The number of ether oxygens (including phenoxy) is 2. The van der Waals surface area contributed by atoms with Crippen molar-refractivity contribution in [1.29, 1.82) is 0 Å². The van der Waals surface area contributed by atoms with E-state index < -0.39 is 5.97 Å². The van der Waals surface area contributed by atoms with Gasteiger partial charge in [0.15, 0.2) is 11.5 Å². The zero-order valence-corrected chi connectivity index (χ0v) is 15.4. The monoisotopic (exact) mass is 355 g/mol. The van der Waals surface area contributed by atoms with Gasteiger partial charge in [-0.05, 0) is 49.9 Å². The predicted octanol–water partition coefficient (Wildman–Crippen LogP) is 3.65. The second-order valence-corrected chi connectivity index (χ2v) is 6.14. The van der Waals surface area contributed by atoms with Gasteiger partial charge in [-0.3, -0.25) is 0 Å². The van der Waals surface area contributed by atoms with Gasteiger partial charge in [0.25, 0.3) is 0 Å². The van der Waals surface area contributed by atoms with Crippen molar-refractivity contribution in [3.8, 4) is 11.5 Å². The molecule has 0 saturated carbocycles. The van der Waals surface area contributed by atoms with Crippen molar-refractivity contribution < 1.29 is 19.4 Å². The molecule has 0 aliphatic heterocycles. The molecule has 1 N–H and O–H groups in total. The van der Waals surface area contributed by atoms with Gasteiger partial charge < -0.3 is 19.5 Å². The summed E-state index contributed by atoms with van der Waals surface area (Å²) in [5.74, 6) is 0.266. The molecule has 0 bridgehead atoms. The van der Waals surface area contributed by atoms with E-state index in [1.54, 1.807) is 37.5 Å². The van der Waals surface area contributed by atoms with Gasteiger partial charge in [-0.1, -0.05) is 36.4 Å². The minimum atomic E-state index is -0.972. The first-order valence-corrected chi connectivity index (χ1v) is 8.47. The summed E-state index contributed by atoms with van der Waals surface area (Å²) in [6.07, 6.45) is 2.53. The molecule has 2 rings (SSSR count). The van der Waals surface area contributed by atoms with Crippen LogP contribution in [0.15, 0.2) is 48.5 Å². The molecule has 5 nitrogen and oxygen atoms in total. The molecule has 0 fully saturated rings. The molecule has 0 amide bonds. The highest BCUT2D eigenvalue weighted by Crippen LogP contribution is 2.30. The first-order valence-electron chi connectivity index (χ1n) is 8.47. The van der Waals surface area contributed by atoms with E-state index in [4.69, 9.17) is 9.47 Å². The van der Waals surface area contributed by atoms with Crippen molar-refractivity contribution in [2.24, 2.45) is 0 Å². The minimum absolute atomic E-state index is 0.231. The lowest BCUT2D eigenvalue weighted by molar-refractivity contribution is -0.130. The Labute approximate surface area is 154 Å². The van der Waals surface area contributed by atoms with Crippen LogP contribution >= 0.6 is 0 Å². The van der Waals surface area contributed by atoms with Crippen LogP contribution < -0.4 is 9.47 Å². The second-order valence-electron chi connectivity index (χ2n) is 6.14. The van der Waals surface area contributed by atoms with Crippen molar-refractivity contribution in [3.05, 3.63) is 59.7 Å². The van der Waals surface area contributed by atoms with Crippen LogP contribution in [0, 0.1) is 0 Å². The number of rotatable bonds is 9. The molecule has 0 heterocycles. The molecule has 0 aromatic heterocycles. The molecule has 5 heteroatoms. The molecule has 0 spiro atoms. The first kappa shape index (κ1) is 19.5. The second kappa shape index (κ2) is 9.63. The number of aliphatic carboxylic acids is 1. The van der Waals surface area contributed by atoms with Crippen LogP contribution in [-0.2, 0) is 4.79 Å². The summed E-state index contributed by atoms with van der Waals surface area (Å²) in [6.45, 7) is 1.49. The molecule has 0 radical (unpaired) electrons. The van der Waals surface area contributed by atoms with Crippen molar-refractivity contribution in [2.45, 2.75) is 6.42 Å². The first-order chi connectivity index (χ1) is 12.5. The predicted molar refractivity (Wildman–Crippen MR) is 104 cm³/mol. The molecule has 138 valence electrons. The normalized spacial score (nSPS) is 11.5. The summed E-state index contributed by atoms with van der Waals surface area (Å²) in [5, 5.41) is 9.55. The minimum Gasteiger partial charge on any atom is -0.493 e. The Balaban J connectivity index is 2.25. The summed E-state index contributed by atoms with van der Waals surface area (Å²) in [6, 6.07) is 14.5. The van der Waals surface area contributed by atoms with E-state index in [0.717, 1.165) is 18.5 Å². The Morgan fingerprint density at radius 1 is 1.12 bits per heavy atom. The Hall–Kier alpha value is -2.79. The van der Waals surface area contributed by atoms with E-state index in [9.17, 15) is 9.90 Å². The number of hydrogen-bond donors (Lipinski definition) is 1. The molecule has 0 aliphatic carbocycles.